The molecule has 0 radical (unpaired) electrons. The van der Waals surface area contributed by atoms with E-state index in [0.29, 0.717) is 9.92 Å². The van der Waals surface area contributed by atoms with Crippen LogP contribution < -0.4 is 0 Å². The molecule has 1 aliphatic heterocycles. The van der Waals surface area contributed by atoms with Gasteiger partial charge in [0.25, 0.3) is 0 Å². The van der Waals surface area contributed by atoms with Crippen LogP contribution in [-0.2, 0) is 33.3 Å². The zero-order valence-corrected chi connectivity index (χ0v) is 24.1. The van der Waals surface area contributed by atoms with Gasteiger partial charge < -0.3 is 18.9 Å². The van der Waals surface area contributed by atoms with Gasteiger partial charge in [0, 0.05) is 31.2 Å². The van der Waals surface area contributed by atoms with Gasteiger partial charge in [-0.2, -0.15) is 0 Å². The number of rotatable bonds is 8. The highest BCUT2D eigenvalue weighted by molar-refractivity contribution is 7.99. The smallest absolute Gasteiger partial charge is 0.303 e. The summed E-state index contributed by atoms with van der Waals surface area (Å²) in [6.07, 6.45) is -1.99. The van der Waals surface area contributed by atoms with Gasteiger partial charge in [-0.25, -0.2) is 13.5 Å². The molecule has 0 spiro atoms. The average Bonchev–Trinajstić information content (AvgIpc) is 3.37. The first-order valence-corrected chi connectivity index (χ1v) is 13.7. The molecule has 10 nitrogen and oxygen atoms in total. The lowest BCUT2D eigenvalue weighted by atomic mass is 9.96. The van der Waals surface area contributed by atoms with Crippen molar-refractivity contribution in [2.75, 3.05) is 6.61 Å². The van der Waals surface area contributed by atoms with Crippen LogP contribution in [0.15, 0.2) is 47.5 Å². The third-order valence-electron chi connectivity index (χ3n) is 5.85. The fourth-order valence-corrected chi connectivity index (χ4v) is 5.69. The summed E-state index contributed by atoms with van der Waals surface area (Å²) < 4.78 is 51.4. The topological polar surface area (TPSA) is 119 Å². The first-order valence-electron chi connectivity index (χ1n) is 12.0. The van der Waals surface area contributed by atoms with Crippen molar-refractivity contribution in [2.24, 2.45) is 0 Å². The van der Waals surface area contributed by atoms with E-state index in [4.69, 9.17) is 42.1 Å². The van der Waals surface area contributed by atoms with Crippen molar-refractivity contribution in [3.63, 3.8) is 0 Å². The first-order chi connectivity index (χ1) is 19.4. The maximum atomic E-state index is 13.9. The van der Waals surface area contributed by atoms with Crippen LogP contribution in [0.3, 0.4) is 0 Å². The number of carbonyl (C=O) groups is 3. The van der Waals surface area contributed by atoms with E-state index in [2.05, 4.69) is 10.3 Å². The van der Waals surface area contributed by atoms with Gasteiger partial charge in [-0.3, -0.25) is 14.4 Å². The van der Waals surface area contributed by atoms with E-state index in [1.165, 1.54) is 37.7 Å². The highest BCUT2D eigenvalue weighted by atomic mass is 35.5. The molecule has 218 valence electrons. The molecule has 0 N–H and O–H groups in total. The number of esters is 3. The average molecular weight is 630 g/mol. The summed E-state index contributed by atoms with van der Waals surface area (Å²) in [5.41, 5.74) is -0.596. The summed E-state index contributed by atoms with van der Waals surface area (Å²) in [5, 5.41) is 8.80. The number of ether oxygens (including phenoxy) is 4. The van der Waals surface area contributed by atoms with Crippen LogP contribution in [0.25, 0.3) is 11.3 Å². The van der Waals surface area contributed by atoms with E-state index >= 15 is 0 Å². The van der Waals surface area contributed by atoms with Crippen LogP contribution >= 0.6 is 35.0 Å². The van der Waals surface area contributed by atoms with E-state index in [-0.39, 0.29) is 22.9 Å². The molecular formula is C26H23Cl2F2N3O7S. The zero-order valence-electron chi connectivity index (χ0n) is 21.8. The van der Waals surface area contributed by atoms with Crippen LogP contribution in [0, 0.1) is 11.6 Å². The Bertz CT molecular complexity index is 1460. The second kappa shape index (κ2) is 13.1. The summed E-state index contributed by atoms with van der Waals surface area (Å²) in [6.45, 7) is 3.25. The standard InChI is InChI=1S/C26H23Cl2F2N3O7S/c1-12(34)37-11-22-24(38-13(2)35)23(33-10-21(31-32-33)15-4-7-19(29)20(30)8-15)25(39-14(3)36)26(40-22)41-16-5-6-17(27)18(28)9-16/h4-10,22-26H,11H2,1-3H3. The van der Waals surface area contributed by atoms with Gasteiger partial charge >= 0.3 is 17.9 Å². The van der Waals surface area contributed by atoms with Gasteiger partial charge in [0.2, 0.25) is 0 Å². The van der Waals surface area contributed by atoms with Crippen molar-refractivity contribution in [3.05, 3.63) is 64.3 Å². The van der Waals surface area contributed by atoms with Crippen molar-refractivity contribution in [2.45, 2.75) is 55.5 Å². The van der Waals surface area contributed by atoms with E-state index in [0.717, 1.165) is 23.9 Å². The van der Waals surface area contributed by atoms with Gasteiger partial charge in [0.15, 0.2) is 23.8 Å². The van der Waals surface area contributed by atoms with E-state index < -0.39 is 59.3 Å². The Hall–Kier alpha value is -3.26. The third-order valence-corrected chi connectivity index (χ3v) is 7.72. The minimum Gasteiger partial charge on any atom is -0.463 e. The molecule has 1 fully saturated rings. The van der Waals surface area contributed by atoms with Crippen LogP contribution in [0.5, 0.6) is 0 Å². The lowest BCUT2D eigenvalue weighted by Crippen LogP contribution is -2.57. The number of halogens is 4. The molecule has 5 atom stereocenters. The number of hydrogen-bond acceptors (Lipinski definition) is 10. The summed E-state index contributed by atoms with van der Waals surface area (Å²) in [7, 11) is 0. The van der Waals surface area contributed by atoms with Crippen molar-refractivity contribution in [1.29, 1.82) is 0 Å². The molecule has 1 saturated heterocycles. The Balaban J connectivity index is 1.80. The summed E-state index contributed by atoms with van der Waals surface area (Å²) in [5.74, 6) is -4.10. The highest BCUT2D eigenvalue weighted by Gasteiger charge is 2.52. The fourth-order valence-electron chi connectivity index (χ4n) is 4.17. The quantitative estimate of drug-likeness (QED) is 0.248. The van der Waals surface area contributed by atoms with E-state index in [9.17, 15) is 23.2 Å². The molecule has 2 heterocycles. The molecule has 3 aromatic rings. The summed E-state index contributed by atoms with van der Waals surface area (Å²) in [6, 6.07) is 7.00. The fraction of sp³-hybridized carbons (Fsp3) is 0.346. The molecule has 0 saturated carbocycles. The largest absolute Gasteiger partial charge is 0.463 e. The lowest BCUT2D eigenvalue weighted by molar-refractivity contribution is -0.212. The van der Waals surface area contributed by atoms with Crippen LogP contribution in [0.2, 0.25) is 10.0 Å². The second-order valence-corrected chi connectivity index (χ2v) is 10.9. The lowest BCUT2D eigenvalue weighted by Gasteiger charge is -2.44. The number of carbonyl (C=O) groups excluding carboxylic acids is 3. The minimum absolute atomic E-state index is 0.156. The number of aromatic nitrogens is 3. The Labute approximate surface area is 247 Å². The molecule has 1 aliphatic rings. The van der Waals surface area contributed by atoms with Gasteiger partial charge in [-0.1, -0.05) is 40.2 Å². The first kappa shape index (κ1) is 30.7. The Morgan fingerprint density at radius 3 is 2.29 bits per heavy atom. The van der Waals surface area contributed by atoms with E-state index in [1.54, 1.807) is 18.2 Å². The number of benzene rings is 2. The maximum absolute atomic E-state index is 13.9. The molecule has 5 unspecified atom stereocenters. The monoisotopic (exact) mass is 629 g/mol. The van der Waals surface area contributed by atoms with Crippen LogP contribution in [0.4, 0.5) is 8.78 Å². The predicted molar refractivity (Wildman–Crippen MR) is 143 cm³/mol. The second-order valence-electron chi connectivity index (χ2n) is 8.89. The molecule has 41 heavy (non-hydrogen) atoms. The van der Waals surface area contributed by atoms with Crippen molar-refractivity contribution >= 4 is 52.9 Å². The SMILES string of the molecule is CC(=O)OCC1OC(Sc2ccc(Cl)c(Cl)c2)C(OC(C)=O)C(n2cc(-c3ccc(F)c(F)c3)nn2)C1OC(C)=O. The molecular weight excluding hydrogens is 607 g/mol. The number of nitrogens with zero attached hydrogens (tertiary/aromatic N) is 3. The van der Waals surface area contributed by atoms with Gasteiger partial charge in [0.05, 0.1) is 16.2 Å². The van der Waals surface area contributed by atoms with Crippen molar-refractivity contribution < 1.29 is 42.1 Å². The Morgan fingerprint density at radius 1 is 0.951 bits per heavy atom. The minimum atomic E-state index is -1.19. The van der Waals surface area contributed by atoms with Gasteiger partial charge in [-0.05, 0) is 36.4 Å². The highest BCUT2D eigenvalue weighted by Crippen LogP contribution is 2.42. The van der Waals surface area contributed by atoms with Crippen molar-refractivity contribution in [3.8, 4) is 11.3 Å². The molecule has 4 rings (SSSR count). The van der Waals surface area contributed by atoms with E-state index in [1.807, 2.05) is 0 Å². The third kappa shape index (κ3) is 7.53. The molecule has 0 aliphatic carbocycles. The predicted octanol–water partition coefficient (Wildman–Crippen LogP) is 5.01. The number of hydrogen-bond donors (Lipinski definition) is 0. The van der Waals surface area contributed by atoms with Crippen molar-refractivity contribution in [1.82, 2.24) is 15.0 Å². The zero-order chi connectivity index (χ0) is 29.8. The number of thioether (sulfide) groups is 1. The van der Waals surface area contributed by atoms with Gasteiger partial charge in [-0.15, -0.1) is 5.10 Å². The Kier molecular flexibility index (Phi) is 9.84. The Morgan fingerprint density at radius 2 is 1.66 bits per heavy atom. The molecule has 0 bridgehead atoms. The normalized spacial score (nSPS) is 22.2. The molecule has 1 aromatic heterocycles. The molecule has 15 heteroatoms. The maximum Gasteiger partial charge on any atom is 0.303 e. The summed E-state index contributed by atoms with van der Waals surface area (Å²) >= 11 is 13.4. The van der Waals surface area contributed by atoms with Crippen LogP contribution in [0.1, 0.15) is 26.8 Å². The summed E-state index contributed by atoms with van der Waals surface area (Å²) in [4.78, 5) is 36.7. The molecule has 2 aromatic carbocycles. The molecule has 0 amide bonds. The van der Waals surface area contributed by atoms with Gasteiger partial charge in [0.1, 0.15) is 29.9 Å². The van der Waals surface area contributed by atoms with Crippen LogP contribution in [-0.4, -0.2) is 63.3 Å².